The van der Waals surface area contributed by atoms with E-state index in [2.05, 4.69) is 6.92 Å². The molecular formula is C22H30FN. The summed E-state index contributed by atoms with van der Waals surface area (Å²) >= 11 is 0. The van der Waals surface area contributed by atoms with Crippen LogP contribution in [0.3, 0.4) is 0 Å². The molecule has 2 fully saturated rings. The first-order chi connectivity index (χ1) is 12.9. The van der Waals surface area contributed by atoms with E-state index in [-0.39, 0.29) is 17.4 Å². The van der Waals surface area contributed by atoms with E-state index < -0.39 is 24.5 Å². The predicted octanol–water partition coefficient (Wildman–Crippen LogP) is 6.58. The fourth-order valence-corrected chi connectivity index (χ4v) is 4.46. The Bertz CT molecular complexity index is 699. The van der Waals surface area contributed by atoms with Gasteiger partial charge in [0.25, 0.3) is 0 Å². The van der Waals surface area contributed by atoms with Crippen LogP contribution in [-0.4, -0.2) is 0 Å². The van der Waals surface area contributed by atoms with Crippen LogP contribution in [0.5, 0.6) is 0 Å². The van der Waals surface area contributed by atoms with Gasteiger partial charge in [0.15, 0.2) is 0 Å². The minimum Gasteiger partial charge on any atom is -0.206 e. The summed E-state index contributed by atoms with van der Waals surface area (Å²) in [7, 11) is 0. The fraction of sp³-hybridized carbons (Fsp3) is 0.682. The van der Waals surface area contributed by atoms with Crippen LogP contribution in [0.25, 0.3) is 0 Å². The molecule has 130 valence electrons. The third kappa shape index (κ3) is 4.00. The highest BCUT2D eigenvalue weighted by atomic mass is 19.1. The van der Waals surface area contributed by atoms with Gasteiger partial charge in [0.2, 0.25) is 0 Å². The lowest BCUT2D eigenvalue weighted by Crippen LogP contribution is -2.30. The number of nitriles is 1. The Morgan fingerprint density at radius 1 is 1.25 bits per heavy atom. The van der Waals surface area contributed by atoms with Gasteiger partial charge in [0.1, 0.15) is 11.9 Å². The SMILES string of the molecule is [2H]C1C2CCC(CCCCC)CC2CC([2H])([2H])C1c1ccc(C#N)c(F)c1. The maximum Gasteiger partial charge on any atom is 0.141 e. The summed E-state index contributed by atoms with van der Waals surface area (Å²) in [6, 6.07) is 6.15. The lowest BCUT2D eigenvalue weighted by atomic mass is 9.63. The molecule has 0 aliphatic heterocycles. The number of fused-ring (bicyclic) bond motifs is 1. The first-order valence-corrected chi connectivity index (χ1v) is 9.49. The monoisotopic (exact) mass is 330 g/mol. The van der Waals surface area contributed by atoms with Crippen LogP contribution in [0.15, 0.2) is 18.2 Å². The molecule has 1 nitrogen and oxygen atoms in total. The predicted molar refractivity (Wildman–Crippen MR) is 96.2 cm³/mol. The van der Waals surface area contributed by atoms with Gasteiger partial charge in [-0.2, -0.15) is 5.26 Å². The largest absolute Gasteiger partial charge is 0.206 e. The Hall–Kier alpha value is -1.36. The van der Waals surface area contributed by atoms with E-state index in [0.717, 1.165) is 19.3 Å². The van der Waals surface area contributed by atoms with E-state index in [0.29, 0.717) is 17.9 Å². The molecule has 0 spiro atoms. The molecular weight excluding hydrogens is 297 g/mol. The van der Waals surface area contributed by atoms with E-state index in [9.17, 15) is 4.39 Å². The molecule has 0 heterocycles. The maximum atomic E-state index is 14.1. The second-order valence-corrected chi connectivity index (χ2v) is 7.53. The number of nitrogens with zero attached hydrogens (tertiary/aromatic N) is 1. The molecule has 2 saturated carbocycles. The minimum absolute atomic E-state index is 0.0258. The van der Waals surface area contributed by atoms with E-state index in [1.54, 1.807) is 6.07 Å². The molecule has 5 unspecified atom stereocenters. The van der Waals surface area contributed by atoms with Crippen LogP contribution >= 0.6 is 0 Å². The summed E-state index contributed by atoms with van der Waals surface area (Å²) in [5.41, 5.74) is 0.502. The summed E-state index contributed by atoms with van der Waals surface area (Å²) in [6.07, 6.45) is 6.52. The molecule has 2 aliphatic carbocycles. The fourth-order valence-electron chi connectivity index (χ4n) is 4.46. The summed E-state index contributed by atoms with van der Waals surface area (Å²) in [5.74, 6) is -0.107. The van der Waals surface area contributed by atoms with Crippen molar-refractivity contribution in [1.29, 1.82) is 5.26 Å². The highest BCUT2D eigenvalue weighted by Crippen LogP contribution is 2.48. The number of hydrogen-bond donors (Lipinski definition) is 0. The van der Waals surface area contributed by atoms with Crippen LogP contribution < -0.4 is 0 Å². The van der Waals surface area contributed by atoms with Crippen LogP contribution in [-0.2, 0) is 0 Å². The second-order valence-electron chi connectivity index (χ2n) is 7.53. The van der Waals surface area contributed by atoms with Gasteiger partial charge in [-0.1, -0.05) is 45.1 Å². The third-order valence-corrected chi connectivity index (χ3v) is 5.88. The molecule has 0 aromatic heterocycles. The smallest absolute Gasteiger partial charge is 0.141 e. The van der Waals surface area contributed by atoms with Crippen LogP contribution in [0.4, 0.5) is 4.39 Å². The number of halogens is 1. The van der Waals surface area contributed by atoms with Crippen LogP contribution in [0.2, 0.25) is 0 Å². The molecule has 0 bridgehead atoms. The first-order valence-electron chi connectivity index (χ1n) is 11.1. The molecule has 3 rings (SSSR count). The Morgan fingerprint density at radius 2 is 2.12 bits per heavy atom. The van der Waals surface area contributed by atoms with Crippen molar-refractivity contribution in [3.8, 4) is 6.07 Å². The average molecular weight is 331 g/mol. The van der Waals surface area contributed by atoms with Crippen molar-refractivity contribution in [2.45, 2.75) is 77.0 Å². The van der Waals surface area contributed by atoms with Crippen molar-refractivity contribution in [2.75, 3.05) is 0 Å². The van der Waals surface area contributed by atoms with E-state index in [1.807, 2.05) is 6.07 Å². The number of unbranched alkanes of at least 4 members (excludes halogenated alkanes) is 2. The molecule has 24 heavy (non-hydrogen) atoms. The Balaban J connectivity index is 1.77. The Kier molecular flexibility index (Phi) is 4.71. The van der Waals surface area contributed by atoms with Crippen molar-refractivity contribution >= 4 is 0 Å². The van der Waals surface area contributed by atoms with Gasteiger partial charge in [-0.05, 0) is 73.4 Å². The molecule has 0 radical (unpaired) electrons. The maximum absolute atomic E-state index is 14.1. The summed E-state index contributed by atoms with van der Waals surface area (Å²) in [5, 5.41) is 8.93. The molecule has 1 aromatic rings. The quantitative estimate of drug-likeness (QED) is 0.559. The highest BCUT2D eigenvalue weighted by Gasteiger charge is 2.35. The molecule has 0 saturated heterocycles. The van der Waals surface area contributed by atoms with E-state index >= 15 is 0 Å². The van der Waals surface area contributed by atoms with Gasteiger partial charge in [0.05, 0.1) is 5.56 Å². The molecule has 2 aliphatic rings. The Morgan fingerprint density at radius 3 is 2.88 bits per heavy atom. The molecule has 0 amide bonds. The van der Waals surface area contributed by atoms with Gasteiger partial charge >= 0.3 is 0 Å². The van der Waals surface area contributed by atoms with Crippen LogP contribution in [0, 0.1) is 34.9 Å². The molecule has 1 aromatic carbocycles. The normalized spacial score (nSPS) is 36.7. The van der Waals surface area contributed by atoms with Crippen LogP contribution in [0.1, 0.15) is 92.2 Å². The van der Waals surface area contributed by atoms with Gasteiger partial charge in [-0.3, -0.25) is 0 Å². The van der Waals surface area contributed by atoms with Crippen molar-refractivity contribution < 1.29 is 8.50 Å². The lowest BCUT2D eigenvalue weighted by Gasteiger charge is -2.42. The van der Waals surface area contributed by atoms with E-state index in [1.165, 1.54) is 37.8 Å². The molecule has 2 heteroatoms. The van der Waals surface area contributed by atoms with Gasteiger partial charge in [0, 0.05) is 4.11 Å². The standard InChI is InChI=1S/C22H30FN/c1-2-3-4-5-16-6-7-18-13-19(9-8-17(18)12-16)20-10-11-21(15-24)22(23)14-20/h10-11,14,16-19H,2-9,12-13H2,1H3/i9D2,13D. The van der Waals surface area contributed by atoms with Crippen molar-refractivity contribution in [2.24, 2.45) is 17.8 Å². The second kappa shape index (κ2) is 8.15. The zero-order chi connectivity index (χ0) is 19.6. The van der Waals surface area contributed by atoms with Gasteiger partial charge in [-0.15, -0.1) is 0 Å². The zero-order valence-corrected chi connectivity index (χ0v) is 14.6. The molecule has 5 atom stereocenters. The zero-order valence-electron chi connectivity index (χ0n) is 17.6. The topological polar surface area (TPSA) is 23.8 Å². The van der Waals surface area contributed by atoms with Crippen molar-refractivity contribution in [3.63, 3.8) is 0 Å². The Labute approximate surface area is 150 Å². The van der Waals surface area contributed by atoms with E-state index in [4.69, 9.17) is 9.37 Å². The summed E-state index contributed by atoms with van der Waals surface area (Å²) in [6.45, 7) is 2.21. The van der Waals surface area contributed by atoms with Gasteiger partial charge in [-0.25, -0.2) is 4.39 Å². The summed E-state index contributed by atoms with van der Waals surface area (Å²) < 4.78 is 40.2. The first kappa shape index (κ1) is 13.9. The number of hydrogen-bond acceptors (Lipinski definition) is 1. The third-order valence-electron chi connectivity index (χ3n) is 5.88. The molecule has 0 N–H and O–H groups in total. The minimum atomic E-state index is -1.51. The van der Waals surface area contributed by atoms with Gasteiger partial charge < -0.3 is 0 Å². The lowest BCUT2D eigenvalue weighted by molar-refractivity contribution is 0.113. The van der Waals surface area contributed by atoms with Crippen molar-refractivity contribution in [3.05, 3.63) is 35.1 Å². The summed E-state index contributed by atoms with van der Waals surface area (Å²) in [4.78, 5) is 0. The number of rotatable bonds is 5. The van der Waals surface area contributed by atoms with Crippen molar-refractivity contribution in [1.82, 2.24) is 0 Å². The average Bonchev–Trinajstić information content (AvgIpc) is 2.61. The highest BCUT2D eigenvalue weighted by molar-refractivity contribution is 5.35. The number of benzene rings is 1.